The van der Waals surface area contributed by atoms with E-state index in [-0.39, 0.29) is 66.1 Å². The summed E-state index contributed by atoms with van der Waals surface area (Å²) in [5.74, 6) is -3.68. The maximum Gasteiger partial charge on any atom is 0.340 e. The van der Waals surface area contributed by atoms with Gasteiger partial charge in [0.25, 0.3) is 0 Å². The minimum atomic E-state index is -0.727. The first-order valence-electron chi connectivity index (χ1n) is 16.3. The van der Waals surface area contributed by atoms with E-state index in [2.05, 4.69) is 6.58 Å². The molecule has 0 aliphatic heterocycles. The minimum absolute atomic E-state index is 0.0469. The fraction of sp³-hybridized carbons (Fsp3) is 0.333. The molecule has 12 heteroatoms. The molecule has 2 unspecified atom stereocenters. The highest BCUT2D eigenvalue weighted by Crippen LogP contribution is 2.14. The van der Waals surface area contributed by atoms with Crippen molar-refractivity contribution in [2.45, 2.75) is 40.5 Å². The van der Waals surface area contributed by atoms with Gasteiger partial charge in [-0.3, -0.25) is 0 Å². The molecular formula is C39H42O12. The van der Waals surface area contributed by atoms with E-state index in [1.54, 1.807) is 19.1 Å². The number of hydrogen-bond donors (Lipinski definition) is 0. The summed E-state index contributed by atoms with van der Waals surface area (Å²) < 4.78 is 30.9. The molecular weight excluding hydrogens is 660 g/mol. The summed E-state index contributed by atoms with van der Waals surface area (Å²) in [4.78, 5) is 73.0. The smallest absolute Gasteiger partial charge is 0.340 e. The van der Waals surface area contributed by atoms with Gasteiger partial charge in [0.2, 0.25) is 6.79 Å². The normalized spacial score (nSPS) is 11.7. The van der Waals surface area contributed by atoms with Crippen molar-refractivity contribution in [1.29, 1.82) is 0 Å². The molecule has 0 bridgehead atoms. The highest BCUT2D eigenvalue weighted by atomic mass is 16.7. The van der Waals surface area contributed by atoms with Crippen LogP contribution in [0.15, 0.2) is 84.9 Å². The second kappa shape index (κ2) is 20.0. The van der Waals surface area contributed by atoms with E-state index >= 15 is 0 Å². The highest BCUT2D eigenvalue weighted by molar-refractivity contribution is 5.94. The maximum atomic E-state index is 12.5. The average molecular weight is 703 g/mol. The van der Waals surface area contributed by atoms with E-state index in [0.29, 0.717) is 18.4 Å². The average Bonchev–Trinajstić information content (AvgIpc) is 3.12. The zero-order chi connectivity index (χ0) is 37.3. The van der Waals surface area contributed by atoms with Crippen LogP contribution >= 0.6 is 0 Å². The Labute approximate surface area is 296 Å². The largest absolute Gasteiger partial charge is 0.462 e. The Morgan fingerprint density at radius 1 is 0.510 bits per heavy atom. The van der Waals surface area contributed by atoms with Gasteiger partial charge in [-0.25, -0.2) is 28.8 Å². The summed E-state index contributed by atoms with van der Waals surface area (Å²) in [6, 6.07) is 18.6. The summed E-state index contributed by atoms with van der Waals surface area (Å²) in [6.45, 7) is 10.4. The van der Waals surface area contributed by atoms with Crippen molar-refractivity contribution >= 4 is 35.8 Å². The third-order valence-corrected chi connectivity index (χ3v) is 7.41. The molecule has 0 heterocycles. The van der Waals surface area contributed by atoms with Gasteiger partial charge in [0, 0.05) is 11.5 Å². The SMILES string of the molecule is C=C(C)C(=O)OCOC(=O)c1ccc(C(=O)OCCC(C)CCOC(=O)c2ccc(C(=O)OCC(C)COC(=O)c3ccc(C)cc3)cc2)cc1. The maximum absolute atomic E-state index is 12.5. The standard InChI is InChI=1S/C39H42O12/c1-25(2)34(40)50-24-51-39(45)33-16-12-31(13-17-33)36(42)47-21-19-27(4)18-20-46-35(41)30-10-14-32(15-11-30)38(44)49-23-28(5)22-48-37(43)29-8-6-26(3)7-9-29/h6-17,27-28H,1,18-24H2,2-5H3. The molecule has 0 aliphatic carbocycles. The molecule has 0 aliphatic rings. The van der Waals surface area contributed by atoms with Crippen LogP contribution in [0.3, 0.4) is 0 Å². The van der Waals surface area contributed by atoms with Crippen molar-refractivity contribution in [2.75, 3.05) is 33.2 Å². The van der Waals surface area contributed by atoms with Crippen molar-refractivity contribution in [3.05, 3.63) is 118 Å². The van der Waals surface area contributed by atoms with Crippen LogP contribution in [-0.2, 0) is 33.2 Å². The van der Waals surface area contributed by atoms with E-state index in [9.17, 15) is 28.8 Å². The Hall–Kier alpha value is -5.78. The lowest BCUT2D eigenvalue weighted by Gasteiger charge is -2.13. The van der Waals surface area contributed by atoms with Gasteiger partial charge in [0.05, 0.1) is 54.2 Å². The zero-order valence-corrected chi connectivity index (χ0v) is 29.1. The second-order valence-electron chi connectivity index (χ2n) is 12.0. The Morgan fingerprint density at radius 2 is 0.843 bits per heavy atom. The van der Waals surface area contributed by atoms with Gasteiger partial charge in [0.1, 0.15) is 0 Å². The first kappa shape index (κ1) is 39.7. The van der Waals surface area contributed by atoms with E-state index in [4.69, 9.17) is 28.4 Å². The fourth-order valence-corrected chi connectivity index (χ4v) is 4.18. The van der Waals surface area contributed by atoms with E-state index in [1.165, 1.54) is 55.5 Å². The van der Waals surface area contributed by atoms with Crippen LogP contribution in [0.25, 0.3) is 0 Å². The molecule has 0 amide bonds. The van der Waals surface area contributed by atoms with Crippen molar-refractivity contribution in [1.82, 2.24) is 0 Å². The summed E-state index contributed by atoms with van der Waals surface area (Å²) in [5.41, 5.74) is 2.60. The Morgan fingerprint density at radius 3 is 1.22 bits per heavy atom. The number of rotatable bonds is 18. The monoisotopic (exact) mass is 702 g/mol. The van der Waals surface area contributed by atoms with Crippen molar-refractivity contribution in [3.8, 4) is 0 Å². The molecule has 3 rings (SSSR count). The Balaban J connectivity index is 1.29. The number of carbonyl (C=O) groups excluding carboxylic acids is 6. The predicted octanol–water partition coefficient (Wildman–Crippen LogP) is 6.31. The first-order chi connectivity index (χ1) is 24.3. The lowest BCUT2D eigenvalue weighted by Crippen LogP contribution is -2.19. The molecule has 0 saturated carbocycles. The van der Waals surface area contributed by atoms with Crippen LogP contribution in [-0.4, -0.2) is 69.0 Å². The highest BCUT2D eigenvalue weighted by Gasteiger charge is 2.16. The second-order valence-corrected chi connectivity index (χ2v) is 12.0. The molecule has 0 aromatic heterocycles. The van der Waals surface area contributed by atoms with Crippen molar-refractivity contribution in [3.63, 3.8) is 0 Å². The van der Waals surface area contributed by atoms with Gasteiger partial charge >= 0.3 is 35.8 Å². The quantitative estimate of drug-likeness (QED) is 0.0631. The summed E-state index contributed by atoms with van der Waals surface area (Å²) in [7, 11) is 0. The summed E-state index contributed by atoms with van der Waals surface area (Å²) >= 11 is 0. The Kier molecular flexibility index (Phi) is 15.6. The number of hydrogen-bond acceptors (Lipinski definition) is 12. The van der Waals surface area contributed by atoms with Gasteiger partial charge in [0.15, 0.2) is 0 Å². The molecule has 3 aromatic carbocycles. The number of esters is 6. The zero-order valence-electron chi connectivity index (χ0n) is 29.1. The van der Waals surface area contributed by atoms with Crippen LogP contribution in [0.2, 0.25) is 0 Å². The molecule has 0 N–H and O–H groups in total. The van der Waals surface area contributed by atoms with Gasteiger partial charge in [-0.15, -0.1) is 0 Å². The molecule has 3 aromatic rings. The third kappa shape index (κ3) is 13.6. The van der Waals surface area contributed by atoms with Crippen molar-refractivity contribution < 1.29 is 57.2 Å². The molecule has 0 radical (unpaired) electrons. The van der Waals surface area contributed by atoms with E-state index < -0.39 is 42.6 Å². The van der Waals surface area contributed by atoms with Gasteiger partial charge in [-0.2, -0.15) is 0 Å². The summed E-state index contributed by atoms with van der Waals surface area (Å²) in [6.07, 6.45) is 1.06. The molecule has 12 nitrogen and oxygen atoms in total. The number of benzene rings is 3. The van der Waals surface area contributed by atoms with Crippen LogP contribution in [0.5, 0.6) is 0 Å². The topological polar surface area (TPSA) is 158 Å². The molecule has 270 valence electrons. The molecule has 0 spiro atoms. The molecule has 0 fully saturated rings. The van der Waals surface area contributed by atoms with Gasteiger partial charge < -0.3 is 28.4 Å². The Bertz CT molecular complexity index is 1670. The summed E-state index contributed by atoms with van der Waals surface area (Å²) in [5, 5.41) is 0. The van der Waals surface area contributed by atoms with Crippen LogP contribution < -0.4 is 0 Å². The van der Waals surface area contributed by atoms with E-state index in [1.807, 2.05) is 26.0 Å². The molecule has 0 saturated heterocycles. The number of carbonyl (C=O) groups is 6. The number of aryl methyl sites for hydroxylation is 1. The third-order valence-electron chi connectivity index (χ3n) is 7.41. The van der Waals surface area contributed by atoms with Crippen LogP contribution in [0.1, 0.15) is 91.0 Å². The van der Waals surface area contributed by atoms with Crippen LogP contribution in [0.4, 0.5) is 0 Å². The number of ether oxygens (including phenoxy) is 6. The molecule has 2 atom stereocenters. The first-order valence-corrected chi connectivity index (χ1v) is 16.3. The predicted molar refractivity (Wildman–Crippen MR) is 184 cm³/mol. The minimum Gasteiger partial charge on any atom is -0.462 e. The van der Waals surface area contributed by atoms with Crippen LogP contribution in [0, 0.1) is 18.8 Å². The fourth-order valence-electron chi connectivity index (χ4n) is 4.18. The van der Waals surface area contributed by atoms with Crippen molar-refractivity contribution in [2.24, 2.45) is 11.8 Å². The van der Waals surface area contributed by atoms with Gasteiger partial charge in [-0.1, -0.05) is 38.1 Å². The lowest BCUT2D eigenvalue weighted by molar-refractivity contribution is -0.147. The lowest BCUT2D eigenvalue weighted by atomic mass is 10.1. The van der Waals surface area contributed by atoms with Gasteiger partial charge in [-0.05, 0) is 93.3 Å². The van der Waals surface area contributed by atoms with E-state index in [0.717, 1.165) is 5.56 Å². The molecule has 51 heavy (non-hydrogen) atoms.